The van der Waals surface area contributed by atoms with Crippen molar-refractivity contribution < 1.29 is 4.79 Å². The van der Waals surface area contributed by atoms with Gasteiger partial charge in [-0.15, -0.1) is 0 Å². The van der Waals surface area contributed by atoms with Crippen LogP contribution in [0.3, 0.4) is 0 Å². The molecule has 3 heteroatoms. The number of amides is 1. The Hall–Kier alpha value is -0.570. The summed E-state index contributed by atoms with van der Waals surface area (Å²) in [5.41, 5.74) is 0. The molecule has 3 nitrogen and oxygen atoms in total. The topological polar surface area (TPSA) is 32.3 Å². The Morgan fingerprint density at radius 1 is 1.17 bits per heavy atom. The molecule has 0 aromatic heterocycles. The third kappa shape index (κ3) is 4.27. The average molecular weight is 252 g/mol. The van der Waals surface area contributed by atoms with Crippen LogP contribution in [-0.2, 0) is 4.79 Å². The number of nitrogens with zero attached hydrogens (tertiary/aromatic N) is 1. The van der Waals surface area contributed by atoms with E-state index >= 15 is 0 Å². The summed E-state index contributed by atoms with van der Waals surface area (Å²) >= 11 is 0. The van der Waals surface area contributed by atoms with E-state index in [0.29, 0.717) is 11.9 Å². The van der Waals surface area contributed by atoms with Gasteiger partial charge >= 0.3 is 0 Å². The Labute approximate surface area is 111 Å². The smallest absolute Gasteiger partial charge is 0.239 e. The summed E-state index contributed by atoms with van der Waals surface area (Å²) in [5, 5.41) is 3.48. The van der Waals surface area contributed by atoms with Crippen LogP contribution < -0.4 is 5.32 Å². The molecule has 104 valence electrons. The summed E-state index contributed by atoms with van der Waals surface area (Å²) in [6.07, 6.45) is 8.93. The minimum absolute atomic E-state index is 0.0168. The summed E-state index contributed by atoms with van der Waals surface area (Å²) < 4.78 is 0. The number of carbonyl (C=O) groups excluding carboxylic acids is 1. The maximum Gasteiger partial charge on any atom is 0.239 e. The summed E-state index contributed by atoms with van der Waals surface area (Å²) in [7, 11) is 0. The molecule has 2 rings (SSSR count). The molecule has 1 saturated heterocycles. The second kappa shape index (κ2) is 6.55. The largest absolute Gasteiger partial charge is 0.341 e. The quantitative estimate of drug-likeness (QED) is 0.815. The molecule has 2 atom stereocenters. The number of hydrogen-bond acceptors (Lipinski definition) is 2. The van der Waals surface area contributed by atoms with Gasteiger partial charge in [0.1, 0.15) is 0 Å². The molecule has 2 fully saturated rings. The van der Waals surface area contributed by atoms with Gasteiger partial charge in [-0.1, -0.05) is 25.7 Å². The first-order valence-electron chi connectivity index (χ1n) is 7.71. The van der Waals surface area contributed by atoms with Crippen molar-refractivity contribution in [2.24, 2.45) is 5.92 Å². The lowest BCUT2D eigenvalue weighted by Crippen LogP contribution is -2.48. The lowest BCUT2D eigenvalue weighted by molar-refractivity contribution is -0.133. The SMILES string of the molecule is CC(CC1CC1)NC(C)C(=O)N1CCCCCC1. The van der Waals surface area contributed by atoms with Crippen molar-refractivity contribution in [3.63, 3.8) is 0 Å². The molecule has 2 unspecified atom stereocenters. The molecule has 0 spiro atoms. The molecule has 0 radical (unpaired) electrons. The molecule has 18 heavy (non-hydrogen) atoms. The highest BCUT2D eigenvalue weighted by molar-refractivity contribution is 5.81. The number of hydrogen-bond donors (Lipinski definition) is 1. The van der Waals surface area contributed by atoms with Gasteiger partial charge in [0, 0.05) is 19.1 Å². The Bertz CT molecular complexity index is 268. The van der Waals surface area contributed by atoms with Crippen LogP contribution >= 0.6 is 0 Å². The molecule has 2 aliphatic rings. The first-order valence-corrected chi connectivity index (χ1v) is 7.71. The van der Waals surface area contributed by atoms with E-state index in [-0.39, 0.29) is 6.04 Å². The molecule has 0 aromatic carbocycles. The van der Waals surface area contributed by atoms with Gasteiger partial charge in [-0.3, -0.25) is 4.79 Å². The second-order valence-corrected chi connectivity index (χ2v) is 6.21. The van der Waals surface area contributed by atoms with E-state index in [9.17, 15) is 4.79 Å². The van der Waals surface area contributed by atoms with E-state index in [1.54, 1.807) is 0 Å². The zero-order valence-electron chi connectivity index (χ0n) is 12.0. The predicted molar refractivity (Wildman–Crippen MR) is 74.4 cm³/mol. The molecule has 0 bridgehead atoms. The van der Waals surface area contributed by atoms with Crippen molar-refractivity contribution in [1.82, 2.24) is 10.2 Å². The maximum atomic E-state index is 12.4. The lowest BCUT2D eigenvalue weighted by Gasteiger charge is -2.26. The Morgan fingerprint density at radius 3 is 2.33 bits per heavy atom. The minimum Gasteiger partial charge on any atom is -0.341 e. The fourth-order valence-corrected chi connectivity index (χ4v) is 2.98. The fraction of sp³-hybridized carbons (Fsp3) is 0.933. The van der Waals surface area contributed by atoms with Crippen LogP contribution in [0.1, 0.15) is 58.8 Å². The highest BCUT2D eigenvalue weighted by Crippen LogP contribution is 2.33. The monoisotopic (exact) mass is 252 g/mol. The highest BCUT2D eigenvalue weighted by atomic mass is 16.2. The van der Waals surface area contributed by atoms with Crippen molar-refractivity contribution in [1.29, 1.82) is 0 Å². The van der Waals surface area contributed by atoms with E-state index < -0.39 is 0 Å². The molecule has 1 N–H and O–H groups in total. The molecule has 1 amide bonds. The van der Waals surface area contributed by atoms with Gasteiger partial charge in [-0.2, -0.15) is 0 Å². The van der Waals surface area contributed by atoms with Crippen LogP contribution in [0.2, 0.25) is 0 Å². The number of carbonyl (C=O) groups is 1. The molecule has 1 saturated carbocycles. The maximum absolute atomic E-state index is 12.4. The van der Waals surface area contributed by atoms with Gasteiger partial charge in [-0.05, 0) is 39.0 Å². The Balaban J connectivity index is 1.75. The van der Waals surface area contributed by atoms with Crippen LogP contribution in [0.4, 0.5) is 0 Å². The molecule has 0 aromatic rings. The fourth-order valence-electron chi connectivity index (χ4n) is 2.98. The van der Waals surface area contributed by atoms with Crippen LogP contribution in [-0.4, -0.2) is 36.0 Å². The van der Waals surface area contributed by atoms with Crippen molar-refractivity contribution in [3.8, 4) is 0 Å². The molecule has 1 heterocycles. The van der Waals surface area contributed by atoms with Gasteiger partial charge in [0.05, 0.1) is 6.04 Å². The summed E-state index contributed by atoms with van der Waals surface area (Å²) in [6, 6.07) is 0.459. The van der Waals surface area contributed by atoms with E-state index in [2.05, 4.69) is 17.1 Å². The van der Waals surface area contributed by atoms with Gasteiger partial charge in [0.15, 0.2) is 0 Å². The van der Waals surface area contributed by atoms with Crippen LogP contribution in [0.5, 0.6) is 0 Å². The molecular formula is C15H28N2O. The van der Waals surface area contributed by atoms with Crippen molar-refractivity contribution in [3.05, 3.63) is 0 Å². The third-order valence-electron chi connectivity index (χ3n) is 4.21. The average Bonchev–Trinajstić information content (AvgIpc) is 3.13. The van der Waals surface area contributed by atoms with E-state index in [1.165, 1.54) is 44.9 Å². The second-order valence-electron chi connectivity index (χ2n) is 6.21. The first kappa shape index (κ1) is 13.9. The van der Waals surface area contributed by atoms with Gasteiger partial charge < -0.3 is 10.2 Å². The highest BCUT2D eigenvalue weighted by Gasteiger charge is 2.26. The lowest BCUT2D eigenvalue weighted by atomic mass is 10.1. The number of likely N-dealkylation sites (tertiary alicyclic amines) is 1. The van der Waals surface area contributed by atoms with Gasteiger partial charge in [0.25, 0.3) is 0 Å². The standard InChI is InChI=1S/C15H28N2O/c1-12(11-14-7-8-14)16-13(2)15(18)17-9-5-3-4-6-10-17/h12-14,16H,3-11H2,1-2H3. The zero-order chi connectivity index (χ0) is 13.0. The number of rotatable bonds is 5. The predicted octanol–water partition coefficient (Wildman–Crippen LogP) is 2.56. The van der Waals surface area contributed by atoms with Gasteiger partial charge in [0.2, 0.25) is 5.91 Å². The van der Waals surface area contributed by atoms with Crippen LogP contribution in [0.25, 0.3) is 0 Å². The van der Waals surface area contributed by atoms with Crippen molar-refractivity contribution in [2.45, 2.75) is 70.9 Å². The van der Waals surface area contributed by atoms with Crippen molar-refractivity contribution >= 4 is 5.91 Å². The van der Waals surface area contributed by atoms with E-state index in [1.807, 2.05) is 6.92 Å². The van der Waals surface area contributed by atoms with Gasteiger partial charge in [-0.25, -0.2) is 0 Å². The van der Waals surface area contributed by atoms with Crippen LogP contribution in [0, 0.1) is 5.92 Å². The summed E-state index contributed by atoms with van der Waals surface area (Å²) in [6.45, 7) is 6.16. The van der Waals surface area contributed by atoms with E-state index in [0.717, 1.165) is 19.0 Å². The number of nitrogens with one attached hydrogen (secondary N) is 1. The molecular weight excluding hydrogens is 224 g/mol. The van der Waals surface area contributed by atoms with Crippen molar-refractivity contribution in [2.75, 3.05) is 13.1 Å². The first-order chi connectivity index (χ1) is 8.66. The van der Waals surface area contributed by atoms with Crippen LogP contribution in [0.15, 0.2) is 0 Å². The third-order valence-corrected chi connectivity index (χ3v) is 4.21. The minimum atomic E-state index is -0.0168. The Morgan fingerprint density at radius 2 is 1.78 bits per heavy atom. The summed E-state index contributed by atoms with van der Waals surface area (Å²) in [4.78, 5) is 14.4. The zero-order valence-corrected chi connectivity index (χ0v) is 12.0. The molecule has 1 aliphatic carbocycles. The Kier molecular flexibility index (Phi) is 5.04. The summed E-state index contributed by atoms with van der Waals surface area (Å²) in [5.74, 6) is 1.23. The van der Waals surface area contributed by atoms with E-state index in [4.69, 9.17) is 0 Å². The molecule has 1 aliphatic heterocycles. The normalized spacial score (nSPS) is 24.4.